The maximum absolute atomic E-state index is 12.4. The van der Waals surface area contributed by atoms with Crippen LogP contribution in [0.1, 0.15) is 18.4 Å². The Kier molecular flexibility index (Phi) is 6.19. The number of halogens is 3. The normalized spacial score (nSPS) is 17.7. The summed E-state index contributed by atoms with van der Waals surface area (Å²) in [6.07, 6.45) is 1.13. The number of hydrogen-bond acceptors (Lipinski definition) is 3. The van der Waals surface area contributed by atoms with Crippen molar-refractivity contribution < 1.29 is 28.2 Å². The Labute approximate surface area is 142 Å². The molecular weight excluding hydrogens is 346 g/mol. The van der Waals surface area contributed by atoms with Gasteiger partial charge in [-0.05, 0) is 31.0 Å². The zero-order valence-corrected chi connectivity index (χ0v) is 13.4. The van der Waals surface area contributed by atoms with E-state index in [0.717, 1.165) is 0 Å². The van der Waals surface area contributed by atoms with E-state index in [1.54, 1.807) is 0 Å². The molecule has 1 aliphatic rings. The first kappa shape index (κ1) is 18.3. The van der Waals surface area contributed by atoms with E-state index in [1.807, 2.05) is 0 Å². The number of carboxylic acids is 1. The molecule has 1 aromatic rings. The second kappa shape index (κ2) is 8.14. The predicted molar refractivity (Wildman–Crippen MR) is 82.3 cm³/mol. The van der Waals surface area contributed by atoms with Crippen LogP contribution in [0, 0.1) is 5.92 Å². The molecule has 132 valence electrons. The van der Waals surface area contributed by atoms with Crippen molar-refractivity contribution in [3.8, 4) is 5.75 Å². The summed E-state index contributed by atoms with van der Waals surface area (Å²) in [6, 6.07) is 3.68. The van der Waals surface area contributed by atoms with E-state index in [1.165, 1.54) is 23.1 Å². The van der Waals surface area contributed by atoms with Gasteiger partial charge in [0.25, 0.3) is 0 Å². The quantitative estimate of drug-likeness (QED) is 0.844. The molecule has 1 aromatic carbocycles. The molecule has 0 bridgehead atoms. The molecule has 1 heterocycles. The lowest BCUT2D eigenvalue weighted by Gasteiger charge is -2.30. The summed E-state index contributed by atoms with van der Waals surface area (Å²) in [5.41, 5.74) is 0.308. The molecule has 9 heteroatoms. The van der Waals surface area contributed by atoms with Crippen LogP contribution in [0.5, 0.6) is 5.75 Å². The number of nitrogens with zero attached hydrogens (tertiary/aromatic N) is 1. The van der Waals surface area contributed by atoms with E-state index >= 15 is 0 Å². The Morgan fingerprint density at radius 3 is 2.88 bits per heavy atom. The maximum Gasteiger partial charge on any atom is 0.387 e. The van der Waals surface area contributed by atoms with Crippen LogP contribution in [0.4, 0.5) is 13.6 Å². The summed E-state index contributed by atoms with van der Waals surface area (Å²) in [7, 11) is 0. The number of piperidine rings is 1. The fraction of sp³-hybridized carbons (Fsp3) is 0.467. The highest BCUT2D eigenvalue weighted by Gasteiger charge is 2.28. The van der Waals surface area contributed by atoms with Crippen molar-refractivity contribution in [3.63, 3.8) is 0 Å². The molecule has 1 fully saturated rings. The first-order valence-corrected chi connectivity index (χ1v) is 7.73. The van der Waals surface area contributed by atoms with Crippen molar-refractivity contribution in [2.45, 2.75) is 26.0 Å². The van der Waals surface area contributed by atoms with Crippen molar-refractivity contribution >= 4 is 23.6 Å². The number of carbonyl (C=O) groups is 2. The lowest BCUT2D eigenvalue weighted by atomic mass is 9.99. The number of aliphatic carboxylic acids is 1. The van der Waals surface area contributed by atoms with Gasteiger partial charge in [0.15, 0.2) is 0 Å². The van der Waals surface area contributed by atoms with Gasteiger partial charge in [-0.2, -0.15) is 8.78 Å². The number of likely N-dealkylation sites (tertiary alicyclic amines) is 1. The van der Waals surface area contributed by atoms with Crippen LogP contribution in [0.25, 0.3) is 0 Å². The Balaban J connectivity index is 1.98. The molecule has 1 atom stereocenters. The van der Waals surface area contributed by atoms with Crippen molar-refractivity contribution in [1.82, 2.24) is 10.2 Å². The van der Waals surface area contributed by atoms with Gasteiger partial charge in [0, 0.05) is 30.2 Å². The standard InChI is InChI=1S/C15H17ClF2N2O4/c16-11-3-4-12(24-14(17)18)10(6-11)7-19-15(23)20-5-1-2-9(8-20)13(21)22/h3-4,6,9,14H,1-2,5,7-8H2,(H,19,23)(H,21,22). The summed E-state index contributed by atoms with van der Waals surface area (Å²) < 4.78 is 29.2. The molecule has 0 saturated carbocycles. The number of alkyl halides is 2. The van der Waals surface area contributed by atoms with Crippen LogP contribution < -0.4 is 10.1 Å². The zero-order chi connectivity index (χ0) is 17.7. The highest BCUT2D eigenvalue weighted by molar-refractivity contribution is 6.30. The van der Waals surface area contributed by atoms with E-state index in [0.29, 0.717) is 30.0 Å². The molecule has 0 radical (unpaired) electrons. The minimum absolute atomic E-state index is 0.0598. The SMILES string of the molecule is O=C(O)C1CCCN(C(=O)NCc2cc(Cl)ccc2OC(F)F)C1. The predicted octanol–water partition coefficient (Wildman–Crippen LogP) is 2.95. The van der Waals surface area contributed by atoms with E-state index in [2.05, 4.69) is 10.1 Å². The number of amides is 2. The van der Waals surface area contributed by atoms with Crippen molar-refractivity contribution in [1.29, 1.82) is 0 Å². The summed E-state index contributed by atoms with van der Waals surface area (Å²) >= 11 is 5.84. The number of ether oxygens (including phenoxy) is 1. The highest BCUT2D eigenvalue weighted by Crippen LogP contribution is 2.24. The van der Waals surface area contributed by atoms with Crippen LogP contribution in [-0.4, -0.2) is 41.7 Å². The van der Waals surface area contributed by atoms with Gasteiger partial charge < -0.3 is 20.1 Å². The molecule has 1 unspecified atom stereocenters. The summed E-state index contributed by atoms with van der Waals surface area (Å²) in [5, 5.41) is 11.9. The third-order valence-corrected chi connectivity index (χ3v) is 3.96. The molecule has 6 nitrogen and oxygen atoms in total. The van der Waals surface area contributed by atoms with Crippen LogP contribution in [-0.2, 0) is 11.3 Å². The average Bonchev–Trinajstić information content (AvgIpc) is 2.54. The lowest BCUT2D eigenvalue weighted by Crippen LogP contribution is -2.46. The second-order valence-corrected chi connectivity index (χ2v) is 5.85. The lowest BCUT2D eigenvalue weighted by molar-refractivity contribution is -0.143. The van der Waals surface area contributed by atoms with Crippen LogP contribution >= 0.6 is 11.6 Å². The summed E-state index contributed by atoms with van der Waals surface area (Å²) in [6.45, 7) is -2.47. The molecule has 0 aliphatic carbocycles. The Morgan fingerprint density at radius 1 is 1.46 bits per heavy atom. The maximum atomic E-state index is 12.4. The molecule has 0 aromatic heterocycles. The number of rotatable bonds is 5. The molecule has 1 saturated heterocycles. The Hall–Kier alpha value is -2.09. The van der Waals surface area contributed by atoms with Crippen molar-refractivity contribution in [3.05, 3.63) is 28.8 Å². The first-order chi connectivity index (χ1) is 11.4. The molecule has 0 spiro atoms. The number of nitrogens with one attached hydrogen (secondary N) is 1. The van der Waals surface area contributed by atoms with Gasteiger partial charge in [-0.15, -0.1) is 0 Å². The van der Waals surface area contributed by atoms with Gasteiger partial charge >= 0.3 is 18.6 Å². The fourth-order valence-corrected chi connectivity index (χ4v) is 2.74. The third-order valence-electron chi connectivity index (χ3n) is 3.73. The van der Waals surface area contributed by atoms with E-state index < -0.39 is 24.5 Å². The van der Waals surface area contributed by atoms with E-state index in [4.69, 9.17) is 16.7 Å². The monoisotopic (exact) mass is 362 g/mol. The number of benzene rings is 1. The first-order valence-electron chi connectivity index (χ1n) is 7.35. The number of urea groups is 1. The highest BCUT2D eigenvalue weighted by atomic mass is 35.5. The van der Waals surface area contributed by atoms with Crippen molar-refractivity contribution in [2.75, 3.05) is 13.1 Å². The fourth-order valence-electron chi connectivity index (χ4n) is 2.54. The second-order valence-electron chi connectivity index (χ2n) is 5.41. The topological polar surface area (TPSA) is 78.9 Å². The molecule has 2 rings (SSSR count). The molecule has 2 amide bonds. The van der Waals surface area contributed by atoms with Gasteiger partial charge in [0.1, 0.15) is 5.75 Å². The summed E-state index contributed by atoms with van der Waals surface area (Å²) in [5.74, 6) is -1.60. The zero-order valence-electron chi connectivity index (χ0n) is 12.7. The van der Waals surface area contributed by atoms with Crippen LogP contribution in [0.3, 0.4) is 0 Å². The number of carbonyl (C=O) groups excluding carboxylic acids is 1. The molecule has 24 heavy (non-hydrogen) atoms. The Bertz CT molecular complexity index is 615. The van der Waals surface area contributed by atoms with Gasteiger partial charge in [-0.25, -0.2) is 4.79 Å². The average molecular weight is 363 g/mol. The van der Waals surface area contributed by atoms with Gasteiger partial charge in [-0.1, -0.05) is 11.6 Å². The largest absolute Gasteiger partial charge is 0.481 e. The molecule has 2 N–H and O–H groups in total. The van der Waals surface area contributed by atoms with Gasteiger partial charge in [0.05, 0.1) is 5.92 Å². The van der Waals surface area contributed by atoms with Crippen molar-refractivity contribution in [2.24, 2.45) is 5.92 Å². The van der Waals surface area contributed by atoms with Crippen LogP contribution in [0.15, 0.2) is 18.2 Å². The number of hydrogen-bond donors (Lipinski definition) is 2. The smallest absolute Gasteiger partial charge is 0.387 e. The summed E-state index contributed by atoms with van der Waals surface area (Å²) in [4.78, 5) is 24.6. The van der Waals surface area contributed by atoms with Crippen LogP contribution in [0.2, 0.25) is 5.02 Å². The minimum atomic E-state index is -2.99. The van der Waals surface area contributed by atoms with Gasteiger partial charge in [0.2, 0.25) is 0 Å². The molecule has 1 aliphatic heterocycles. The number of carboxylic acid groups (broad SMARTS) is 1. The van der Waals surface area contributed by atoms with E-state index in [9.17, 15) is 18.4 Å². The third kappa shape index (κ3) is 4.95. The van der Waals surface area contributed by atoms with E-state index in [-0.39, 0.29) is 18.8 Å². The Morgan fingerprint density at radius 2 is 2.21 bits per heavy atom. The molecular formula is C15H17ClF2N2O4. The minimum Gasteiger partial charge on any atom is -0.481 e. The van der Waals surface area contributed by atoms with Gasteiger partial charge in [-0.3, -0.25) is 4.79 Å².